The van der Waals surface area contributed by atoms with Gasteiger partial charge in [-0.2, -0.15) is 0 Å². The van der Waals surface area contributed by atoms with Crippen molar-refractivity contribution in [2.24, 2.45) is 11.7 Å². The first kappa shape index (κ1) is 8.79. The van der Waals surface area contributed by atoms with Crippen molar-refractivity contribution in [1.82, 2.24) is 0 Å². The number of rotatable bonds is 4. The maximum Gasteiger partial charge on any atom is 0.00759 e. The van der Waals surface area contributed by atoms with E-state index < -0.39 is 0 Å². The van der Waals surface area contributed by atoms with Gasteiger partial charge in [-0.15, -0.1) is 6.58 Å². The highest BCUT2D eigenvalue weighted by Crippen LogP contribution is 2.28. The van der Waals surface area contributed by atoms with Crippen LogP contribution in [0.4, 0.5) is 0 Å². The topological polar surface area (TPSA) is 26.0 Å². The molecule has 2 N–H and O–H groups in total. The van der Waals surface area contributed by atoms with Gasteiger partial charge in [-0.3, -0.25) is 0 Å². The molecule has 11 heavy (non-hydrogen) atoms. The van der Waals surface area contributed by atoms with Gasteiger partial charge < -0.3 is 5.73 Å². The van der Waals surface area contributed by atoms with Crippen LogP contribution in [-0.2, 0) is 0 Å². The molecule has 0 aliphatic heterocycles. The van der Waals surface area contributed by atoms with Gasteiger partial charge in [0.15, 0.2) is 0 Å². The highest BCUT2D eigenvalue weighted by atomic mass is 14.6. The number of hydrogen-bond acceptors (Lipinski definition) is 1. The van der Waals surface area contributed by atoms with Crippen molar-refractivity contribution in [3.8, 4) is 0 Å². The van der Waals surface area contributed by atoms with E-state index >= 15 is 0 Å². The van der Waals surface area contributed by atoms with Crippen molar-refractivity contribution in [2.75, 3.05) is 0 Å². The largest absolute Gasteiger partial charge is 0.327 e. The number of nitrogens with two attached hydrogens (primary N) is 1. The molecule has 1 rings (SSSR count). The van der Waals surface area contributed by atoms with Gasteiger partial charge in [-0.05, 0) is 18.8 Å². The predicted octanol–water partition coefficient (Wildman–Crippen LogP) is 2.47. The summed E-state index contributed by atoms with van der Waals surface area (Å²) in [5, 5.41) is 0. The molecule has 0 aromatic carbocycles. The Morgan fingerprint density at radius 1 is 1.45 bits per heavy atom. The lowest BCUT2D eigenvalue weighted by molar-refractivity contribution is 0.444. The van der Waals surface area contributed by atoms with Crippen LogP contribution in [0.1, 0.15) is 38.5 Å². The molecule has 1 nitrogen and oxygen atoms in total. The minimum Gasteiger partial charge on any atom is -0.327 e. The van der Waals surface area contributed by atoms with Crippen LogP contribution in [0.3, 0.4) is 0 Å². The zero-order valence-electron chi connectivity index (χ0n) is 7.26. The van der Waals surface area contributed by atoms with Crippen LogP contribution in [0.5, 0.6) is 0 Å². The number of hydrogen-bond donors (Lipinski definition) is 1. The lowest BCUT2D eigenvalue weighted by atomic mass is 9.97. The molecule has 0 aromatic rings. The molecule has 0 spiro atoms. The van der Waals surface area contributed by atoms with Crippen molar-refractivity contribution in [1.29, 1.82) is 0 Å². The Labute approximate surface area is 69.7 Å². The molecule has 0 amide bonds. The Balaban J connectivity index is 2.12. The summed E-state index contributed by atoms with van der Waals surface area (Å²) in [6.45, 7) is 3.70. The first-order valence-electron chi connectivity index (χ1n) is 4.69. The van der Waals surface area contributed by atoms with Crippen LogP contribution in [-0.4, -0.2) is 6.04 Å². The average Bonchev–Trinajstić information content (AvgIpc) is 2.40. The predicted molar refractivity (Wildman–Crippen MR) is 49.4 cm³/mol. The van der Waals surface area contributed by atoms with Gasteiger partial charge in [0.25, 0.3) is 0 Å². The normalized spacial score (nSPS) is 21.9. The Hall–Kier alpha value is -0.300. The standard InChI is InChI=1S/C10H19N/c1-2-5-10(11)8-9-6-3-4-7-9/h2,9-10H,1,3-8,11H2. The fourth-order valence-electron chi connectivity index (χ4n) is 1.98. The summed E-state index contributed by atoms with van der Waals surface area (Å²) in [6.07, 6.45) is 9.79. The molecule has 1 unspecified atom stereocenters. The van der Waals surface area contributed by atoms with E-state index in [0.29, 0.717) is 6.04 Å². The van der Waals surface area contributed by atoms with E-state index in [1.807, 2.05) is 6.08 Å². The van der Waals surface area contributed by atoms with Crippen LogP contribution in [0.25, 0.3) is 0 Å². The van der Waals surface area contributed by atoms with E-state index in [0.717, 1.165) is 12.3 Å². The van der Waals surface area contributed by atoms with Crippen molar-refractivity contribution in [2.45, 2.75) is 44.6 Å². The molecule has 1 fully saturated rings. The van der Waals surface area contributed by atoms with Crippen LogP contribution in [0.15, 0.2) is 12.7 Å². The molecule has 1 heteroatoms. The maximum absolute atomic E-state index is 5.89. The zero-order valence-corrected chi connectivity index (χ0v) is 7.26. The van der Waals surface area contributed by atoms with Crippen molar-refractivity contribution in [3.63, 3.8) is 0 Å². The first-order chi connectivity index (χ1) is 5.33. The summed E-state index contributed by atoms with van der Waals surface area (Å²) in [5.74, 6) is 0.921. The van der Waals surface area contributed by atoms with E-state index in [1.54, 1.807) is 0 Å². The van der Waals surface area contributed by atoms with Gasteiger partial charge in [0.05, 0.1) is 0 Å². The molecule has 1 aliphatic carbocycles. The summed E-state index contributed by atoms with van der Waals surface area (Å²) in [6, 6.07) is 0.371. The van der Waals surface area contributed by atoms with Gasteiger partial charge in [0.1, 0.15) is 0 Å². The summed E-state index contributed by atoms with van der Waals surface area (Å²) in [5.41, 5.74) is 5.89. The molecular weight excluding hydrogens is 134 g/mol. The van der Waals surface area contributed by atoms with Crippen molar-refractivity contribution < 1.29 is 0 Å². The smallest absolute Gasteiger partial charge is 0.00759 e. The van der Waals surface area contributed by atoms with E-state index in [2.05, 4.69) is 6.58 Å². The van der Waals surface area contributed by atoms with E-state index in [4.69, 9.17) is 5.73 Å². The molecule has 64 valence electrons. The Morgan fingerprint density at radius 2 is 2.09 bits per heavy atom. The third-order valence-electron chi connectivity index (χ3n) is 2.58. The lowest BCUT2D eigenvalue weighted by Gasteiger charge is -2.13. The third kappa shape index (κ3) is 3.06. The molecular formula is C10H19N. The molecule has 1 saturated carbocycles. The molecule has 1 atom stereocenters. The summed E-state index contributed by atoms with van der Waals surface area (Å²) < 4.78 is 0. The summed E-state index contributed by atoms with van der Waals surface area (Å²) in [4.78, 5) is 0. The molecule has 1 aliphatic rings. The Morgan fingerprint density at radius 3 is 2.64 bits per heavy atom. The quantitative estimate of drug-likeness (QED) is 0.617. The third-order valence-corrected chi connectivity index (χ3v) is 2.58. The van der Waals surface area contributed by atoms with Crippen LogP contribution < -0.4 is 5.73 Å². The second-order valence-corrected chi connectivity index (χ2v) is 3.67. The van der Waals surface area contributed by atoms with Crippen molar-refractivity contribution in [3.05, 3.63) is 12.7 Å². The van der Waals surface area contributed by atoms with Gasteiger partial charge in [0.2, 0.25) is 0 Å². The highest BCUT2D eigenvalue weighted by Gasteiger charge is 2.16. The lowest BCUT2D eigenvalue weighted by Crippen LogP contribution is -2.21. The Kier molecular flexibility index (Phi) is 3.64. The molecule has 0 heterocycles. The van der Waals surface area contributed by atoms with Crippen LogP contribution >= 0.6 is 0 Å². The molecule has 0 radical (unpaired) electrons. The monoisotopic (exact) mass is 153 g/mol. The maximum atomic E-state index is 5.89. The first-order valence-corrected chi connectivity index (χ1v) is 4.69. The van der Waals surface area contributed by atoms with Crippen LogP contribution in [0, 0.1) is 5.92 Å². The van der Waals surface area contributed by atoms with Crippen LogP contribution in [0.2, 0.25) is 0 Å². The zero-order chi connectivity index (χ0) is 8.10. The minimum atomic E-state index is 0.371. The van der Waals surface area contributed by atoms with Gasteiger partial charge in [-0.25, -0.2) is 0 Å². The SMILES string of the molecule is C=CCC(N)CC1CCCC1. The van der Waals surface area contributed by atoms with Crippen molar-refractivity contribution >= 4 is 0 Å². The summed E-state index contributed by atoms with van der Waals surface area (Å²) >= 11 is 0. The van der Waals surface area contributed by atoms with Gasteiger partial charge >= 0.3 is 0 Å². The van der Waals surface area contributed by atoms with Gasteiger partial charge in [0, 0.05) is 6.04 Å². The summed E-state index contributed by atoms with van der Waals surface area (Å²) in [7, 11) is 0. The fourth-order valence-corrected chi connectivity index (χ4v) is 1.98. The highest BCUT2D eigenvalue weighted by molar-refractivity contribution is 4.79. The average molecular weight is 153 g/mol. The van der Waals surface area contributed by atoms with E-state index in [1.165, 1.54) is 32.1 Å². The second-order valence-electron chi connectivity index (χ2n) is 3.67. The molecule has 0 bridgehead atoms. The molecule has 0 saturated heterocycles. The second kappa shape index (κ2) is 4.55. The minimum absolute atomic E-state index is 0.371. The fraction of sp³-hybridized carbons (Fsp3) is 0.800. The van der Waals surface area contributed by atoms with E-state index in [9.17, 15) is 0 Å². The van der Waals surface area contributed by atoms with Gasteiger partial charge in [-0.1, -0.05) is 31.8 Å². The molecule has 0 aromatic heterocycles. The Bertz CT molecular complexity index is 114. The van der Waals surface area contributed by atoms with E-state index in [-0.39, 0.29) is 0 Å².